The van der Waals surface area contributed by atoms with Gasteiger partial charge in [0.15, 0.2) is 17.5 Å². The van der Waals surface area contributed by atoms with Crippen LogP contribution in [-0.4, -0.2) is 9.97 Å². The molecule has 0 atom stereocenters. The van der Waals surface area contributed by atoms with E-state index in [1.165, 1.54) is 51.5 Å². The van der Waals surface area contributed by atoms with Gasteiger partial charge in [0.05, 0.1) is 5.56 Å². The molecule has 4 heteroatoms. The lowest BCUT2D eigenvalue weighted by Crippen LogP contribution is -1.98. The van der Waals surface area contributed by atoms with Gasteiger partial charge in [-0.3, -0.25) is 0 Å². The molecule has 0 unspecified atom stereocenters. The van der Waals surface area contributed by atoms with E-state index >= 15 is 0 Å². The second-order valence-electron chi connectivity index (χ2n) is 6.34. The highest BCUT2D eigenvalue weighted by Gasteiger charge is 2.14. The smallest absolute Gasteiger partial charge is 0.170 e. The Labute approximate surface area is 143 Å². The van der Waals surface area contributed by atoms with Crippen LogP contribution in [-0.2, 0) is 6.42 Å². The Balaban J connectivity index is 1.86. The van der Waals surface area contributed by atoms with Gasteiger partial charge in [-0.25, -0.2) is 18.7 Å². The minimum absolute atomic E-state index is 0.112. The molecule has 0 N–H and O–H groups in total. The maximum absolute atomic E-state index is 14.0. The van der Waals surface area contributed by atoms with Crippen LogP contribution < -0.4 is 0 Å². The van der Waals surface area contributed by atoms with Crippen molar-refractivity contribution in [1.29, 1.82) is 0 Å². The second-order valence-corrected chi connectivity index (χ2v) is 6.34. The summed E-state index contributed by atoms with van der Waals surface area (Å²) in [5.74, 6) is -1.48. The minimum Gasteiger partial charge on any atom is -0.236 e. The molecule has 1 aromatic carbocycles. The summed E-state index contributed by atoms with van der Waals surface area (Å²) >= 11 is 0. The van der Waals surface area contributed by atoms with Gasteiger partial charge < -0.3 is 0 Å². The van der Waals surface area contributed by atoms with Crippen LogP contribution in [0, 0.1) is 18.6 Å². The van der Waals surface area contributed by atoms with Crippen molar-refractivity contribution in [3.8, 4) is 11.4 Å². The summed E-state index contributed by atoms with van der Waals surface area (Å²) in [5, 5.41) is 0. The number of halogens is 2. The fourth-order valence-electron chi connectivity index (χ4n) is 2.73. The standard InChI is InChI=1S/C20H26F2N2/c1-3-4-5-6-7-8-9-10-16-13-23-20(24-14-16)17-12-11-15(2)18(21)19(17)22/h11-14H,3-10H2,1-2H3. The molecule has 0 saturated heterocycles. The van der Waals surface area contributed by atoms with Crippen molar-refractivity contribution in [3.63, 3.8) is 0 Å². The maximum atomic E-state index is 14.0. The largest absolute Gasteiger partial charge is 0.236 e. The van der Waals surface area contributed by atoms with Crippen LogP contribution in [0.15, 0.2) is 24.5 Å². The van der Waals surface area contributed by atoms with Crippen LogP contribution in [0.1, 0.15) is 63.0 Å². The number of rotatable bonds is 9. The third-order valence-corrected chi connectivity index (χ3v) is 4.29. The van der Waals surface area contributed by atoms with Crippen LogP contribution in [0.25, 0.3) is 11.4 Å². The lowest BCUT2D eigenvalue weighted by molar-refractivity contribution is 0.505. The molecule has 0 aliphatic carbocycles. The molecule has 2 rings (SSSR count). The van der Waals surface area contributed by atoms with Crippen molar-refractivity contribution in [3.05, 3.63) is 47.3 Å². The predicted octanol–water partition coefficient (Wildman–Crippen LogP) is 6.02. The Kier molecular flexibility index (Phi) is 7.29. The molecule has 0 spiro atoms. The quantitative estimate of drug-likeness (QED) is 0.524. The Morgan fingerprint density at radius 1 is 0.833 bits per heavy atom. The van der Waals surface area contributed by atoms with Crippen LogP contribution in [0.2, 0.25) is 0 Å². The fourth-order valence-corrected chi connectivity index (χ4v) is 2.73. The van der Waals surface area contributed by atoms with Gasteiger partial charge >= 0.3 is 0 Å². The van der Waals surface area contributed by atoms with Crippen molar-refractivity contribution < 1.29 is 8.78 Å². The zero-order valence-electron chi connectivity index (χ0n) is 14.6. The Morgan fingerprint density at radius 2 is 1.46 bits per heavy atom. The number of aromatic nitrogens is 2. The molecule has 1 heterocycles. The summed E-state index contributed by atoms with van der Waals surface area (Å²) in [7, 11) is 0. The zero-order chi connectivity index (χ0) is 17.4. The Hall–Kier alpha value is -1.84. The lowest BCUT2D eigenvalue weighted by atomic mass is 10.1. The number of nitrogens with zero attached hydrogens (tertiary/aromatic N) is 2. The summed E-state index contributed by atoms with van der Waals surface area (Å²) in [5.41, 5.74) is 1.44. The van der Waals surface area contributed by atoms with Crippen molar-refractivity contribution in [2.24, 2.45) is 0 Å². The van der Waals surface area contributed by atoms with Gasteiger partial charge in [-0.1, -0.05) is 51.5 Å². The summed E-state index contributed by atoms with van der Waals surface area (Å²) in [4.78, 5) is 8.40. The summed E-state index contributed by atoms with van der Waals surface area (Å²) in [6.07, 6.45) is 13.2. The third kappa shape index (κ3) is 5.08. The van der Waals surface area contributed by atoms with E-state index in [4.69, 9.17) is 0 Å². The molecule has 0 fully saturated rings. The van der Waals surface area contributed by atoms with Gasteiger partial charge in [0.2, 0.25) is 0 Å². The van der Waals surface area contributed by atoms with Gasteiger partial charge in [-0.05, 0) is 37.0 Å². The molecule has 0 amide bonds. The summed E-state index contributed by atoms with van der Waals surface area (Å²) < 4.78 is 27.6. The van der Waals surface area contributed by atoms with Crippen LogP contribution in [0.4, 0.5) is 8.78 Å². The number of unbranched alkanes of at least 4 members (excludes halogenated alkanes) is 6. The van der Waals surface area contributed by atoms with Crippen molar-refractivity contribution in [2.45, 2.75) is 65.2 Å². The fraction of sp³-hybridized carbons (Fsp3) is 0.500. The SMILES string of the molecule is CCCCCCCCCc1cnc(-c2ccc(C)c(F)c2F)nc1. The predicted molar refractivity (Wildman–Crippen MR) is 93.8 cm³/mol. The van der Waals surface area contributed by atoms with Gasteiger partial charge in [0.25, 0.3) is 0 Å². The van der Waals surface area contributed by atoms with E-state index in [2.05, 4.69) is 16.9 Å². The molecule has 130 valence electrons. The highest BCUT2D eigenvalue weighted by molar-refractivity contribution is 5.56. The first kappa shape index (κ1) is 18.5. The zero-order valence-corrected chi connectivity index (χ0v) is 14.6. The van der Waals surface area contributed by atoms with E-state index in [1.807, 2.05) is 0 Å². The maximum Gasteiger partial charge on any atom is 0.170 e. The molecule has 0 saturated carbocycles. The van der Waals surface area contributed by atoms with Crippen molar-refractivity contribution >= 4 is 0 Å². The van der Waals surface area contributed by atoms with Gasteiger partial charge in [-0.2, -0.15) is 0 Å². The highest BCUT2D eigenvalue weighted by Crippen LogP contribution is 2.23. The van der Waals surface area contributed by atoms with Crippen molar-refractivity contribution in [1.82, 2.24) is 9.97 Å². The van der Waals surface area contributed by atoms with E-state index in [1.54, 1.807) is 18.5 Å². The number of hydrogen-bond acceptors (Lipinski definition) is 2. The Morgan fingerprint density at radius 3 is 2.12 bits per heavy atom. The Bertz CT molecular complexity index is 639. The molecule has 0 radical (unpaired) electrons. The van der Waals surface area contributed by atoms with Gasteiger partial charge in [0, 0.05) is 12.4 Å². The van der Waals surface area contributed by atoms with E-state index in [0.717, 1.165) is 18.4 Å². The average molecular weight is 332 g/mol. The highest BCUT2D eigenvalue weighted by atomic mass is 19.2. The first-order chi connectivity index (χ1) is 11.6. The van der Waals surface area contributed by atoms with Crippen LogP contribution >= 0.6 is 0 Å². The monoisotopic (exact) mass is 332 g/mol. The van der Waals surface area contributed by atoms with E-state index in [0.29, 0.717) is 0 Å². The molecular weight excluding hydrogens is 306 g/mol. The molecule has 24 heavy (non-hydrogen) atoms. The molecule has 0 aliphatic rings. The second kappa shape index (κ2) is 9.45. The average Bonchev–Trinajstić information content (AvgIpc) is 2.60. The third-order valence-electron chi connectivity index (χ3n) is 4.29. The molecule has 0 aliphatic heterocycles. The van der Waals surface area contributed by atoms with Gasteiger partial charge in [-0.15, -0.1) is 0 Å². The van der Waals surface area contributed by atoms with E-state index < -0.39 is 11.6 Å². The summed E-state index contributed by atoms with van der Waals surface area (Å²) in [6, 6.07) is 3.07. The summed E-state index contributed by atoms with van der Waals surface area (Å²) in [6.45, 7) is 3.76. The first-order valence-corrected chi connectivity index (χ1v) is 8.89. The van der Waals surface area contributed by atoms with Gasteiger partial charge in [0.1, 0.15) is 0 Å². The number of benzene rings is 1. The lowest BCUT2D eigenvalue weighted by Gasteiger charge is -2.06. The molecule has 2 nitrogen and oxygen atoms in total. The molecule has 0 bridgehead atoms. The number of hydrogen-bond donors (Lipinski definition) is 0. The molecule has 2 aromatic rings. The van der Waals surface area contributed by atoms with Crippen molar-refractivity contribution in [2.75, 3.05) is 0 Å². The van der Waals surface area contributed by atoms with E-state index in [-0.39, 0.29) is 17.0 Å². The molecular formula is C20H26F2N2. The van der Waals surface area contributed by atoms with Crippen LogP contribution in [0.3, 0.4) is 0 Å². The van der Waals surface area contributed by atoms with Crippen LogP contribution in [0.5, 0.6) is 0 Å². The first-order valence-electron chi connectivity index (χ1n) is 8.89. The normalized spacial score (nSPS) is 11.0. The minimum atomic E-state index is -0.880. The molecule has 1 aromatic heterocycles. The number of aryl methyl sites for hydroxylation is 2. The topological polar surface area (TPSA) is 25.8 Å². The van der Waals surface area contributed by atoms with E-state index in [9.17, 15) is 8.78 Å².